The standard InChI is InChI=1S/C9H10N2O2/c12-7-5-9(13)11(6-7)8-3-1-2-4-10-8/h1-4,7,12H,5-6H2. The van der Waals surface area contributed by atoms with Crippen LogP contribution in [0.1, 0.15) is 6.42 Å². The van der Waals surface area contributed by atoms with Gasteiger partial charge in [0.15, 0.2) is 0 Å². The van der Waals surface area contributed by atoms with E-state index in [4.69, 9.17) is 0 Å². The quantitative estimate of drug-likeness (QED) is 0.667. The third kappa shape index (κ3) is 1.53. The number of carbonyl (C=O) groups is 1. The smallest absolute Gasteiger partial charge is 0.230 e. The molecule has 1 aromatic heterocycles. The molecule has 2 rings (SSSR count). The van der Waals surface area contributed by atoms with Crippen LogP contribution < -0.4 is 4.90 Å². The second kappa shape index (κ2) is 3.14. The normalized spacial score (nSPS) is 22.4. The fourth-order valence-corrected chi connectivity index (χ4v) is 1.42. The summed E-state index contributed by atoms with van der Waals surface area (Å²) in [6.07, 6.45) is 1.29. The van der Waals surface area contributed by atoms with Crippen molar-refractivity contribution in [3.05, 3.63) is 24.4 Å². The van der Waals surface area contributed by atoms with Crippen LogP contribution in [0.15, 0.2) is 24.4 Å². The Morgan fingerprint density at radius 2 is 2.38 bits per heavy atom. The Kier molecular flexibility index (Phi) is 1.98. The number of β-amino-alcohol motifs (C(OH)–C–C–N with tert-alkyl or cyclic N) is 1. The van der Waals surface area contributed by atoms with E-state index in [1.54, 1.807) is 18.3 Å². The third-order valence-corrected chi connectivity index (χ3v) is 2.03. The van der Waals surface area contributed by atoms with Gasteiger partial charge in [-0.2, -0.15) is 0 Å². The number of pyridine rings is 1. The number of nitrogens with zero attached hydrogens (tertiary/aromatic N) is 2. The number of amides is 1. The second-order valence-corrected chi connectivity index (χ2v) is 3.05. The van der Waals surface area contributed by atoms with Crippen molar-refractivity contribution in [2.75, 3.05) is 11.4 Å². The Morgan fingerprint density at radius 3 is 2.92 bits per heavy atom. The molecular formula is C9H10N2O2. The SMILES string of the molecule is O=C1CC(O)CN1c1ccccn1. The summed E-state index contributed by atoms with van der Waals surface area (Å²) < 4.78 is 0. The largest absolute Gasteiger partial charge is 0.391 e. The minimum atomic E-state index is -0.547. The van der Waals surface area contributed by atoms with Gasteiger partial charge in [-0.15, -0.1) is 0 Å². The molecule has 2 heterocycles. The summed E-state index contributed by atoms with van der Waals surface area (Å²) in [7, 11) is 0. The minimum Gasteiger partial charge on any atom is -0.391 e. The zero-order valence-corrected chi connectivity index (χ0v) is 7.05. The van der Waals surface area contributed by atoms with E-state index in [0.29, 0.717) is 12.4 Å². The molecular weight excluding hydrogens is 168 g/mol. The molecule has 0 saturated carbocycles. The average Bonchev–Trinajstić information content (AvgIpc) is 2.47. The van der Waals surface area contributed by atoms with Crippen molar-refractivity contribution in [1.82, 2.24) is 4.98 Å². The summed E-state index contributed by atoms with van der Waals surface area (Å²) in [5.74, 6) is 0.551. The highest BCUT2D eigenvalue weighted by Crippen LogP contribution is 2.18. The molecule has 1 atom stereocenters. The van der Waals surface area contributed by atoms with E-state index in [1.165, 1.54) is 4.90 Å². The molecule has 4 nitrogen and oxygen atoms in total. The minimum absolute atomic E-state index is 0.0637. The molecule has 4 heteroatoms. The van der Waals surface area contributed by atoms with Crippen LogP contribution in [0.2, 0.25) is 0 Å². The first kappa shape index (κ1) is 8.19. The number of aromatic nitrogens is 1. The summed E-state index contributed by atoms with van der Waals surface area (Å²) in [6, 6.07) is 5.37. The molecule has 1 unspecified atom stereocenters. The van der Waals surface area contributed by atoms with Crippen molar-refractivity contribution in [2.45, 2.75) is 12.5 Å². The van der Waals surface area contributed by atoms with E-state index in [-0.39, 0.29) is 12.3 Å². The van der Waals surface area contributed by atoms with Gasteiger partial charge in [-0.1, -0.05) is 6.07 Å². The van der Waals surface area contributed by atoms with Gasteiger partial charge >= 0.3 is 0 Å². The van der Waals surface area contributed by atoms with Crippen LogP contribution in [0.3, 0.4) is 0 Å². The number of rotatable bonds is 1. The fraction of sp³-hybridized carbons (Fsp3) is 0.333. The van der Waals surface area contributed by atoms with E-state index in [0.717, 1.165) is 0 Å². The molecule has 1 fully saturated rings. The highest BCUT2D eigenvalue weighted by molar-refractivity contribution is 5.95. The predicted molar refractivity (Wildman–Crippen MR) is 47.2 cm³/mol. The maximum atomic E-state index is 11.3. The van der Waals surface area contributed by atoms with Crippen LogP contribution >= 0.6 is 0 Å². The molecule has 1 aliphatic heterocycles. The van der Waals surface area contributed by atoms with Crippen LogP contribution in [0, 0.1) is 0 Å². The maximum Gasteiger partial charge on any atom is 0.230 e. The highest BCUT2D eigenvalue weighted by atomic mass is 16.3. The van der Waals surface area contributed by atoms with Crippen molar-refractivity contribution in [3.8, 4) is 0 Å². The predicted octanol–water partition coefficient (Wildman–Crippen LogP) is 0.179. The molecule has 1 N–H and O–H groups in total. The number of hydrogen-bond donors (Lipinski definition) is 1. The second-order valence-electron chi connectivity index (χ2n) is 3.05. The average molecular weight is 178 g/mol. The topological polar surface area (TPSA) is 53.4 Å². The number of aliphatic hydroxyl groups excluding tert-OH is 1. The Labute approximate surface area is 75.8 Å². The lowest BCUT2D eigenvalue weighted by atomic mass is 10.3. The van der Waals surface area contributed by atoms with E-state index in [1.807, 2.05) is 6.07 Å². The van der Waals surface area contributed by atoms with Crippen LogP contribution in [0.5, 0.6) is 0 Å². The zero-order valence-electron chi connectivity index (χ0n) is 7.05. The molecule has 0 spiro atoms. The van der Waals surface area contributed by atoms with E-state index < -0.39 is 6.10 Å². The zero-order chi connectivity index (χ0) is 9.26. The van der Waals surface area contributed by atoms with Crippen molar-refractivity contribution in [3.63, 3.8) is 0 Å². The first-order chi connectivity index (χ1) is 6.27. The van der Waals surface area contributed by atoms with Gasteiger partial charge in [-0.05, 0) is 12.1 Å². The Hall–Kier alpha value is -1.42. The van der Waals surface area contributed by atoms with Gasteiger partial charge in [-0.25, -0.2) is 4.98 Å². The van der Waals surface area contributed by atoms with Gasteiger partial charge in [-0.3, -0.25) is 9.69 Å². The molecule has 0 aromatic carbocycles. The van der Waals surface area contributed by atoms with Crippen molar-refractivity contribution in [1.29, 1.82) is 0 Å². The summed E-state index contributed by atoms with van der Waals surface area (Å²) in [4.78, 5) is 16.9. The third-order valence-electron chi connectivity index (χ3n) is 2.03. The molecule has 1 saturated heterocycles. The lowest BCUT2D eigenvalue weighted by Gasteiger charge is -2.13. The Balaban J connectivity index is 2.23. The van der Waals surface area contributed by atoms with Gasteiger partial charge in [0, 0.05) is 6.20 Å². The van der Waals surface area contributed by atoms with Crippen molar-refractivity contribution < 1.29 is 9.90 Å². The lowest BCUT2D eigenvalue weighted by molar-refractivity contribution is -0.117. The van der Waals surface area contributed by atoms with E-state index in [9.17, 15) is 9.90 Å². The first-order valence-corrected chi connectivity index (χ1v) is 4.17. The van der Waals surface area contributed by atoms with Crippen LogP contribution in [-0.2, 0) is 4.79 Å². The van der Waals surface area contributed by atoms with E-state index >= 15 is 0 Å². The summed E-state index contributed by atoms with van der Waals surface area (Å²) >= 11 is 0. The Bertz CT molecular complexity index is 313. The summed E-state index contributed by atoms with van der Waals surface area (Å²) in [6.45, 7) is 0.357. The van der Waals surface area contributed by atoms with Crippen LogP contribution in [0.25, 0.3) is 0 Å². The molecule has 0 radical (unpaired) electrons. The number of hydrogen-bond acceptors (Lipinski definition) is 3. The summed E-state index contributed by atoms with van der Waals surface area (Å²) in [5, 5.41) is 9.24. The van der Waals surface area contributed by atoms with Gasteiger partial charge in [0.2, 0.25) is 5.91 Å². The molecule has 13 heavy (non-hydrogen) atoms. The van der Waals surface area contributed by atoms with Crippen molar-refractivity contribution in [2.24, 2.45) is 0 Å². The Morgan fingerprint density at radius 1 is 1.54 bits per heavy atom. The maximum absolute atomic E-state index is 11.3. The molecule has 1 amide bonds. The van der Waals surface area contributed by atoms with Gasteiger partial charge in [0.25, 0.3) is 0 Å². The molecule has 0 bridgehead atoms. The first-order valence-electron chi connectivity index (χ1n) is 4.17. The van der Waals surface area contributed by atoms with Crippen LogP contribution in [0.4, 0.5) is 5.82 Å². The number of anilines is 1. The molecule has 1 aliphatic rings. The van der Waals surface area contributed by atoms with E-state index in [2.05, 4.69) is 4.98 Å². The van der Waals surface area contributed by atoms with Gasteiger partial charge in [0.1, 0.15) is 5.82 Å². The summed E-state index contributed by atoms with van der Waals surface area (Å²) in [5.41, 5.74) is 0. The molecule has 1 aromatic rings. The van der Waals surface area contributed by atoms with Gasteiger partial charge in [0.05, 0.1) is 19.1 Å². The molecule has 68 valence electrons. The van der Waals surface area contributed by atoms with Gasteiger partial charge < -0.3 is 5.11 Å². The number of aliphatic hydroxyl groups is 1. The fourth-order valence-electron chi connectivity index (χ4n) is 1.42. The lowest BCUT2D eigenvalue weighted by Crippen LogP contribution is -2.25. The van der Waals surface area contributed by atoms with Crippen LogP contribution in [-0.4, -0.2) is 28.6 Å². The number of carbonyl (C=O) groups excluding carboxylic acids is 1. The monoisotopic (exact) mass is 178 g/mol. The molecule has 0 aliphatic carbocycles. The highest BCUT2D eigenvalue weighted by Gasteiger charge is 2.29. The van der Waals surface area contributed by atoms with Crippen molar-refractivity contribution >= 4 is 11.7 Å².